The second-order valence-electron chi connectivity index (χ2n) is 5.92. The molecule has 0 amide bonds. The predicted molar refractivity (Wildman–Crippen MR) is 91.1 cm³/mol. The molecule has 0 aliphatic carbocycles. The van der Waals surface area contributed by atoms with E-state index in [0.717, 1.165) is 5.56 Å². The van der Waals surface area contributed by atoms with Crippen LogP contribution in [0.15, 0.2) is 33.7 Å². The van der Waals surface area contributed by atoms with Crippen LogP contribution in [0, 0.1) is 13.8 Å². The van der Waals surface area contributed by atoms with Crippen LogP contribution >= 0.6 is 0 Å². The van der Waals surface area contributed by atoms with Gasteiger partial charge in [0.15, 0.2) is 0 Å². The third kappa shape index (κ3) is 3.79. The average Bonchev–Trinajstić information content (AvgIpc) is 2.98. The van der Waals surface area contributed by atoms with Crippen LogP contribution in [0.4, 0.5) is 0 Å². The minimum Gasteiger partial charge on any atom is -0.457 e. The SMILES string of the molecule is Cc1noc(C)c1COC(=O)c1ccc(S(=O)(=O)N2CCOCC2)cc1. The molecule has 26 heavy (non-hydrogen) atoms. The van der Waals surface area contributed by atoms with E-state index in [1.54, 1.807) is 13.8 Å². The van der Waals surface area contributed by atoms with E-state index in [1.807, 2.05) is 0 Å². The van der Waals surface area contributed by atoms with Gasteiger partial charge in [-0.3, -0.25) is 0 Å². The van der Waals surface area contributed by atoms with Crippen LogP contribution in [0.1, 0.15) is 27.4 Å². The molecule has 0 bridgehead atoms. The van der Waals surface area contributed by atoms with Crippen molar-refractivity contribution in [3.63, 3.8) is 0 Å². The van der Waals surface area contributed by atoms with Gasteiger partial charge in [0.25, 0.3) is 0 Å². The number of morpholine rings is 1. The number of hydrogen-bond donors (Lipinski definition) is 0. The highest BCUT2D eigenvalue weighted by Gasteiger charge is 2.26. The van der Waals surface area contributed by atoms with Gasteiger partial charge in [-0.1, -0.05) is 5.16 Å². The van der Waals surface area contributed by atoms with Crippen molar-refractivity contribution < 1.29 is 27.2 Å². The van der Waals surface area contributed by atoms with Crippen LogP contribution in [-0.4, -0.2) is 50.2 Å². The van der Waals surface area contributed by atoms with Gasteiger partial charge in [0.1, 0.15) is 12.4 Å². The molecule has 0 saturated carbocycles. The monoisotopic (exact) mass is 380 g/mol. The van der Waals surface area contributed by atoms with Crippen LogP contribution < -0.4 is 0 Å². The third-order valence-electron chi connectivity index (χ3n) is 4.23. The van der Waals surface area contributed by atoms with E-state index >= 15 is 0 Å². The number of esters is 1. The Bertz CT molecular complexity index is 863. The lowest BCUT2D eigenvalue weighted by atomic mass is 10.2. The molecule has 140 valence electrons. The molecule has 0 atom stereocenters. The zero-order valence-electron chi connectivity index (χ0n) is 14.6. The van der Waals surface area contributed by atoms with Crippen molar-refractivity contribution in [2.45, 2.75) is 25.3 Å². The first-order chi connectivity index (χ1) is 12.4. The molecule has 0 radical (unpaired) electrons. The van der Waals surface area contributed by atoms with Gasteiger partial charge in [-0.05, 0) is 38.1 Å². The molecule has 3 rings (SSSR count). The molecule has 0 N–H and O–H groups in total. The summed E-state index contributed by atoms with van der Waals surface area (Å²) in [5.74, 6) is 0.0579. The topological polar surface area (TPSA) is 98.9 Å². The Hall–Kier alpha value is -2.23. The smallest absolute Gasteiger partial charge is 0.338 e. The van der Waals surface area contributed by atoms with E-state index in [-0.39, 0.29) is 17.1 Å². The molecular weight excluding hydrogens is 360 g/mol. The number of aromatic nitrogens is 1. The summed E-state index contributed by atoms with van der Waals surface area (Å²) in [7, 11) is -3.58. The fourth-order valence-corrected chi connectivity index (χ4v) is 4.04. The quantitative estimate of drug-likeness (QED) is 0.728. The first kappa shape index (κ1) is 18.6. The fraction of sp³-hybridized carbons (Fsp3) is 0.412. The number of carbonyl (C=O) groups excluding carboxylic acids is 1. The molecule has 2 aromatic rings. The summed E-state index contributed by atoms with van der Waals surface area (Å²) in [6.07, 6.45) is 0. The van der Waals surface area contributed by atoms with Crippen molar-refractivity contribution in [2.24, 2.45) is 0 Å². The Labute approximate surface area is 151 Å². The van der Waals surface area contributed by atoms with Gasteiger partial charge in [0, 0.05) is 13.1 Å². The minimum atomic E-state index is -3.58. The van der Waals surface area contributed by atoms with Crippen molar-refractivity contribution in [1.29, 1.82) is 0 Å². The van der Waals surface area contributed by atoms with E-state index in [2.05, 4.69) is 5.16 Å². The molecule has 1 saturated heterocycles. The summed E-state index contributed by atoms with van der Waals surface area (Å²) < 4.78 is 42.0. The molecule has 1 aromatic carbocycles. The summed E-state index contributed by atoms with van der Waals surface area (Å²) in [6, 6.07) is 5.72. The second kappa shape index (κ2) is 7.56. The molecule has 1 aliphatic heterocycles. The Balaban J connectivity index is 1.68. The van der Waals surface area contributed by atoms with Gasteiger partial charge in [0.2, 0.25) is 10.0 Å². The predicted octanol–water partition coefficient (Wildman–Crippen LogP) is 1.67. The molecular formula is C17H20N2O6S. The van der Waals surface area contributed by atoms with E-state index in [1.165, 1.54) is 28.6 Å². The maximum Gasteiger partial charge on any atom is 0.338 e. The molecule has 0 spiro atoms. The van der Waals surface area contributed by atoms with Gasteiger partial charge in [-0.2, -0.15) is 4.31 Å². The molecule has 1 fully saturated rings. The first-order valence-electron chi connectivity index (χ1n) is 8.16. The van der Waals surface area contributed by atoms with Crippen LogP contribution in [0.3, 0.4) is 0 Å². The van der Waals surface area contributed by atoms with Crippen molar-refractivity contribution in [3.05, 3.63) is 46.8 Å². The Morgan fingerprint density at radius 1 is 1.19 bits per heavy atom. The summed E-state index contributed by atoms with van der Waals surface area (Å²) in [5, 5.41) is 3.80. The number of carbonyl (C=O) groups is 1. The fourth-order valence-electron chi connectivity index (χ4n) is 2.63. The zero-order valence-corrected chi connectivity index (χ0v) is 15.4. The van der Waals surface area contributed by atoms with Crippen LogP contribution in [0.2, 0.25) is 0 Å². The van der Waals surface area contributed by atoms with Gasteiger partial charge < -0.3 is 14.0 Å². The highest BCUT2D eigenvalue weighted by atomic mass is 32.2. The second-order valence-corrected chi connectivity index (χ2v) is 7.86. The van der Waals surface area contributed by atoms with E-state index in [9.17, 15) is 13.2 Å². The normalized spacial score (nSPS) is 15.8. The lowest BCUT2D eigenvalue weighted by Crippen LogP contribution is -2.40. The zero-order chi connectivity index (χ0) is 18.7. The van der Waals surface area contributed by atoms with E-state index in [0.29, 0.717) is 37.8 Å². The molecule has 8 nitrogen and oxygen atoms in total. The average molecular weight is 380 g/mol. The van der Waals surface area contributed by atoms with E-state index in [4.69, 9.17) is 14.0 Å². The van der Waals surface area contributed by atoms with Crippen LogP contribution in [-0.2, 0) is 26.1 Å². The van der Waals surface area contributed by atoms with Crippen molar-refractivity contribution >= 4 is 16.0 Å². The maximum atomic E-state index is 12.6. The summed E-state index contributed by atoms with van der Waals surface area (Å²) in [6.45, 7) is 4.97. The third-order valence-corrected chi connectivity index (χ3v) is 6.14. The van der Waals surface area contributed by atoms with Crippen molar-refractivity contribution in [1.82, 2.24) is 9.46 Å². The van der Waals surface area contributed by atoms with Gasteiger partial charge in [0.05, 0.1) is 34.9 Å². The lowest BCUT2D eigenvalue weighted by molar-refractivity contribution is 0.0470. The molecule has 9 heteroatoms. The number of benzene rings is 1. The van der Waals surface area contributed by atoms with Crippen molar-refractivity contribution in [2.75, 3.05) is 26.3 Å². The maximum absolute atomic E-state index is 12.6. The number of aryl methyl sites for hydroxylation is 2. The minimum absolute atomic E-state index is 0.0494. The molecule has 0 unspecified atom stereocenters. The summed E-state index contributed by atoms with van der Waals surface area (Å²) >= 11 is 0. The largest absolute Gasteiger partial charge is 0.457 e. The Morgan fingerprint density at radius 2 is 1.85 bits per heavy atom. The molecule has 1 aliphatic rings. The van der Waals surface area contributed by atoms with E-state index < -0.39 is 16.0 Å². The van der Waals surface area contributed by atoms with Gasteiger partial charge in [-0.15, -0.1) is 0 Å². The van der Waals surface area contributed by atoms with Gasteiger partial charge >= 0.3 is 5.97 Å². The number of ether oxygens (including phenoxy) is 2. The van der Waals surface area contributed by atoms with Crippen LogP contribution in [0.5, 0.6) is 0 Å². The number of hydrogen-bond acceptors (Lipinski definition) is 7. The molecule has 2 heterocycles. The number of nitrogens with zero attached hydrogens (tertiary/aromatic N) is 2. The highest BCUT2D eigenvalue weighted by molar-refractivity contribution is 7.89. The van der Waals surface area contributed by atoms with Gasteiger partial charge in [-0.25, -0.2) is 13.2 Å². The standard InChI is InChI=1S/C17H20N2O6S/c1-12-16(13(2)25-18-12)11-24-17(20)14-3-5-15(6-4-14)26(21,22)19-7-9-23-10-8-19/h3-6H,7-11H2,1-2H3. The Kier molecular flexibility index (Phi) is 5.40. The summed E-state index contributed by atoms with van der Waals surface area (Å²) in [5.41, 5.74) is 1.67. The Morgan fingerprint density at radius 3 is 2.42 bits per heavy atom. The van der Waals surface area contributed by atoms with Crippen molar-refractivity contribution in [3.8, 4) is 0 Å². The highest BCUT2D eigenvalue weighted by Crippen LogP contribution is 2.19. The lowest BCUT2D eigenvalue weighted by Gasteiger charge is -2.26. The molecule has 1 aromatic heterocycles. The first-order valence-corrected chi connectivity index (χ1v) is 9.60. The summed E-state index contributed by atoms with van der Waals surface area (Å²) in [4.78, 5) is 12.3. The number of sulfonamides is 1. The number of rotatable bonds is 5. The van der Waals surface area contributed by atoms with Crippen LogP contribution in [0.25, 0.3) is 0 Å².